The first-order valence-corrected chi connectivity index (χ1v) is 7.22. The molecule has 3 atom stereocenters. The molecule has 1 amide bonds. The van der Waals surface area contributed by atoms with Crippen molar-refractivity contribution in [3.05, 3.63) is 35.9 Å². The summed E-state index contributed by atoms with van der Waals surface area (Å²) < 4.78 is 0. The lowest BCUT2D eigenvalue weighted by atomic mass is 10.1. The van der Waals surface area contributed by atoms with Crippen LogP contribution < -0.4 is 5.32 Å². The number of carbonyl (C=O) groups is 2. The van der Waals surface area contributed by atoms with Gasteiger partial charge in [-0.3, -0.25) is 4.79 Å². The Bertz CT molecular complexity index is 510. The molecule has 0 aromatic heterocycles. The van der Waals surface area contributed by atoms with Gasteiger partial charge in [-0.25, -0.2) is 4.79 Å². The summed E-state index contributed by atoms with van der Waals surface area (Å²) >= 11 is 0. The van der Waals surface area contributed by atoms with Crippen LogP contribution >= 0.6 is 0 Å². The van der Waals surface area contributed by atoms with Crippen LogP contribution in [0.2, 0.25) is 0 Å². The van der Waals surface area contributed by atoms with Crippen LogP contribution in [0.4, 0.5) is 0 Å². The van der Waals surface area contributed by atoms with Crippen LogP contribution in [0.3, 0.4) is 0 Å². The lowest BCUT2D eigenvalue weighted by Gasteiger charge is -2.14. The summed E-state index contributed by atoms with van der Waals surface area (Å²) in [7, 11) is 0. The summed E-state index contributed by atoms with van der Waals surface area (Å²) in [4.78, 5) is 23.4. The maximum Gasteiger partial charge on any atom is 0.326 e. The number of carbonyl (C=O) groups excluding carboxylic acids is 1. The molecule has 106 valence electrons. The van der Waals surface area contributed by atoms with Gasteiger partial charge >= 0.3 is 5.97 Å². The molecule has 1 aromatic rings. The Hall–Kier alpha value is -1.84. The highest BCUT2D eigenvalue weighted by atomic mass is 16.4. The summed E-state index contributed by atoms with van der Waals surface area (Å²) in [5.41, 5.74) is 0.926. The van der Waals surface area contributed by atoms with Gasteiger partial charge in [-0.15, -0.1) is 0 Å². The Labute approximate surface area is 118 Å². The van der Waals surface area contributed by atoms with Gasteiger partial charge in [0.15, 0.2) is 0 Å². The van der Waals surface area contributed by atoms with E-state index in [-0.39, 0.29) is 11.8 Å². The molecule has 3 rings (SSSR count). The second-order valence-electron chi connectivity index (χ2n) is 5.93. The van der Waals surface area contributed by atoms with Crippen molar-refractivity contribution in [1.29, 1.82) is 0 Å². The number of nitrogens with one attached hydrogen (secondary N) is 1. The third kappa shape index (κ3) is 3.00. The number of carboxylic acids is 1. The molecule has 0 aliphatic heterocycles. The first-order valence-electron chi connectivity index (χ1n) is 7.22. The van der Waals surface area contributed by atoms with Gasteiger partial charge in [0.25, 0.3) is 0 Å². The Morgan fingerprint density at radius 2 is 1.95 bits per heavy atom. The Morgan fingerprint density at radius 1 is 1.25 bits per heavy atom. The third-order valence-electron chi connectivity index (χ3n) is 4.30. The lowest BCUT2D eigenvalue weighted by molar-refractivity contribution is -0.142. The van der Waals surface area contributed by atoms with Crippen LogP contribution in [0.5, 0.6) is 0 Å². The molecule has 2 aliphatic carbocycles. The Kier molecular flexibility index (Phi) is 3.47. The zero-order chi connectivity index (χ0) is 14.1. The van der Waals surface area contributed by atoms with Crippen molar-refractivity contribution in [2.24, 2.45) is 17.8 Å². The highest BCUT2D eigenvalue weighted by molar-refractivity contribution is 5.87. The highest BCUT2D eigenvalue weighted by Crippen LogP contribution is 2.54. The van der Waals surface area contributed by atoms with Crippen LogP contribution in [0.1, 0.15) is 24.8 Å². The minimum absolute atomic E-state index is 0.0557. The van der Waals surface area contributed by atoms with Crippen molar-refractivity contribution in [1.82, 2.24) is 5.32 Å². The SMILES string of the molecule is O=C(N[C@H](Cc1ccccc1)C(=O)O)C1CC1C1CC1. The largest absolute Gasteiger partial charge is 0.480 e. The molecule has 2 fully saturated rings. The van der Waals surface area contributed by atoms with E-state index in [1.165, 1.54) is 12.8 Å². The molecule has 0 saturated heterocycles. The molecular weight excluding hydrogens is 254 g/mol. The maximum absolute atomic E-state index is 12.1. The summed E-state index contributed by atoms with van der Waals surface area (Å²) in [5, 5.41) is 12.0. The minimum Gasteiger partial charge on any atom is -0.480 e. The van der Waals surface area contributed by atoms with E-state index < -0.39 is 12.0 Å². The molecule has 0 heterocycles. The smallest absolute Gasteiger partial charge is 0.326 e. The number of carboxylic acid groups (broad SMARTS) is 1. The van der Waals surface area contributed by atoms with Gasteiger partial charge in [0.1, 0.15) is 6.04 Å². The number of hydrogen-bond acceptors (Lipinski definition) is 2. The van der Waals surface area contributed by atoms with Crippen LogP contribution in [-0.2, 0) is 16.0 Å². The molecule has 2 N–H and O–H groups in total. The fraction of sp³-hybridized carbons (Fsp3) is 0.500. The van der Waals surface area contributed by atoms with Crippen molar-refractivity contribution in [3.8, 4) is 0 Å². The van der Waals surface area contributed by atoms with Crippen molar-refractivity contribution in [2.45, 2.75) is 31.7 Å². The summed E-state index contributed by atoms with van der Waals surface area (Å²) in [6, 6.07) is 8.58. The van der Waals surface area contributed by atoms with Gasteiger partial charge in [0.05, 0.1) is 0 Å². The second kappa shape index (κ2) is 5.27. The predicted octanol–water partition coefficient (Wildman–Crippen LogP) is 1.84. The maximum atomic E-state index is 12.1. The van der Waals surface area contributed by atoms with Gasteiger partial charge in [-0.05, 0) is 36.7 Å². The van der Waals surface area contributed by atoms with Crippen molar-refractivity contribution in [3.63, 3.8) is 0 Å². The highest BCUT2D eigenvalue weighted by Gasteiger charge is 2.51. The van der Waals surface area contributed by atoms with E-state index in [4.69, 9.17) is 0 Å². The number of benzene rings is 1. The molecule has 2 saturated carbocycles. The van der Waals surface area contributed by atoms with Crippen LogP contribution in [0.25, 0.3) is 0 Å². The van der Waals surface area contributed by atoms with E-state index >= 15 is 0 Å². The van der Waals surface area contributed by atoms with Gasteiger partial charge in [0, 0.05) is 12.3 Å². The number of aliphatic carboxylic acids is 1. The first kappa shape index (κ1) is 13.2. The molecule has 2 unspecified atom stereocenters. The van der Waals surface area contributed by atoms with Crippen molar-refractivity contribution < 1.29 is 14.7 Å². The van der Waals surface area contributed by atoms with E-state index in [0.717, 1.165) is 17.9 Å². The molecule has 4 heteroatoms. The van der Waals surface area contributed by atoms with Crippen molar-refractivity contribution >= 4 is 11.9 Å². The van der Waals surface area contributed by atoms with Gasteiger partial charge in [0.2, 0.25) is 5.91 Å². The molecule has 2 aliphatic rings. The summed E-state index contributed by atoms with van der Waals surface area (Å²) in [6.07, 6.45) is 3.75. The molecular formula is C16H19NO3. The van der Waals surface area contributed by atoms with E-state index in [1.54, 1.807) is 0 Å². The average Bonchev–Trinajstić information content (AvgIpc) is 3.28. The van der Waals surface area contributed by atoms with Crippen LogP contribution in [-0.4, -0.2) is 23.0 Å². The van der Waals surface area contributed by atoms with E-state index in [2.05, 4.69) is 5.32 Å². The predicted molar refractivity (Wildman–Crippen MR) is 74.0 cm³/mol. The Balaban J connectivity index is 1.57. The second-order valence-corrected chi connectivity index (χ2v) is 5.93. The first-order chi connectivity index (χ1) is 9.65. The van der Waals surface area contributed by atoms with Gasteiger partial charge in [-0.2, -0.15) is 0 Å². The molecule has 1 aromatic carbocycles. The molecule has 0 spiro atoms. The molecule has 0 radical (unpaired) electrons. The van der Waals surface area contributed by atoms with Crippen molar-refractivity contribution in [2.75, 3.05) is 0 Å². The summed E-state index contributed by atoms with van der Waals surface area (Å²) in [5.74, 6) is 0.250. The average molecular weight is 273 g/mol. The normalized spacial score (nSPS) is 25.8. The van der Waals surface area contributed by atoms with E-state index in [1.807, 2.05) is 30.3 Å². The number of amides is 1. The van der Waals surface area contributed by atoms with Crippen LogP contribution in [0.15, 0.2) is 30.3 Å². The third-order valence-corrected chi connectivity index (χ3v) is 4.30. The standard InChI is InChI=1S/C16H19NO3/c18-15(13-9-12(13)11-6-7-11)17-14(16(19)20)8-10-4-2-1-3-5-10/h1-5,11-14H,6-9H2,(H,17,18)(H,19,20)/t12?,13?,14-/m1/s1. The van der Waals surface area contributed by atoms with E-state index in [0.29, 0.717) is 12.3 Å². The molecule has 20 heavy (non-hydrogen) atoms. The molecule has 4 nitrogen and oxygen atoms in total. The zero-order valence-electron chi connectivity index (χ0n) is 11.3. The Morgan fingerprint density at radius 3 is 2.55 bits per heavy atom. The van der Waals surface area contributed by atoms with Crippen LogP contribution in [0, 0.1) is 17.8 Å². The molecule has 0 bridgehead atoms. The van der Waals surface area contributed by atoms with Gasteiger partial charge in [-0.1, -0.05) is 30.3 Å². The quantitative estimate of drug-likeness (QED) is 0.831. The topological polar surface area (TPSA) is 66.4 Å². The number of rotatable bonds is 6. The minimum atomic E-state index is -0.967. The van der Waals surface area contributed by atoms with Gasteiger partial charge < -0.3 is 10.4 Å². The monoisotopic (exact) mass is 273 g/mol. The lowest BCUT2D eigenvalue weighted by Crippen LogP contribution is -2.43. The summed E-state index contributed by atoms with van der Waals surface area (Å²) in [6.45, 7) is 0. The fourth-order valence-corrected chi connectivity index (χ4v) is 2.89. The number of hydrogen-bond donors (Lipinski definition) is 2. The fourth-order valence-electron chi connectivity index (χ4n) is 2.89. The van der Waals surface area contributed by atoms with E-state index in [9.17, 15) is 14.7 Å². The zero-order valence-corrected chi connectivity index (χ0v) is 11.3.